The van der Waals surface area contributed by atoms with Crippen molar-refractivity contribution < 1.29 is 4.79 Å². The molecule has 0 unspecified atom stereocenters. The van der Waals surface area contributed by atoms with Crippen molar-refractivity contribution in [1.29, 1.82) is 0 Å². The molecule has 0 radical (unpaired) electrons. The van der Waals surface area contributed by atoms with Crippen molar-refractivity contribution >= 4 is 17.5 Å². The number of carbonyl (C=O) groups is 1. The molecule has 1 aromatic heterocycles. The van der Waals surface area contributed by atoms with Gasteiger partial charge in [0.2, 0.25) is 5.91 Å². The van der Waals surface area contributed by atoms with Gasteiger partial charge in [0.15, 0.2) is 0 Å². The van der Waals surface area contributed by atoms with Gasteiger partial charge in [-0.25, -0.2) is 9.97 Å². The van der Waals surface area contributed by atoms with E-state index in [0.717, 1.165) is 12.0 Å². The molecule has 0 saturated heterocycles. The summed E-state index contributed by atoms with van der Waals surface area (Å²) in [7, 11) is 3.48. The molecule has 1 amide bonds. The van der Waals surface area contributed by atoms with E-state index in [9.17, 15) is 4.79 Å². The van der Waals surface area contributed by atoms with Gasteiger partial charge in [-0.05, 0) is 6.92 Å². The zero-order valence-corrected chi connectivity index (χ0v) is 11.4. The van der Waals surface area contributed by atoms with E-state index in [2.05, 4.69) is 15.3 Å². The van der Waals surface area contributed by atoms with Crippen LogP contribution in [0.3, 0.4) is 0 Å². The summed E-state index contributed by atoms with van der Waals surface area (Å²) in [4.78, 5) is 21.5. The van der Waals surface area contributed by atoms with E-state index in [1.807, 2.05) is 13.8 Å². The summed E-state index contributed by atoms with van der Waals surface area (Å²) in [6.45, 7) is 4.38. The van der Waals surface area contributed by atoms with E-state index in [1.165, 1.54) is 0 Å². The average Bonchev–Trinajstić information content (AvgIpc) is 2.33. The standard InChI is InChI=1S/C12H21N5O/c1-5-9-15-11(13)8(2)12(16-9)14-7-6-10(18)17(3)4/h5-7H2,1-4H3,(H3,13,14,15,16). The maximum atomic E-state index is 11.4. The minimum atomic E-state index is 0.0814. The van der Waals surface area contributed by atoms with E-state index < -0.39 is 0 Å². The van der Waals surface area contributed by atoms with Gasteiger partial charge in [-0.15, -0.1) is 0 Å². The Hall–Kier alpha value is -1.85. The van der Waals surface area contributed by atoms with Crippen molar-refractivity contribution in [2.75, 3.05) is 31.7 Å². The van der Waals surface area contributed by atoms with Crippen molar-refractivity contribution in [3.63, 3.8) is 0 Å². The number of carbonyl (C=O) groups excluding carboxylic acids is 1. The fourth-order valence-electron chi connectivity index (χ4n) is 1.42. The zero-order valence-electron chi connectivity index (χ0n) is 11.4. The summed E-state index contributed by atoms with van der Waals surface area (Å²) in [5.41, 5.74) is 6.63. The molecular formula is C12H21N5O. The summed E-state index contributed by atoms with van der Waals surface area (Å²) < 4.78 is 0. The molecule has 0 aliphatic rings. The fraction of sp³-hybridized carbons (Fsp3) is 0.583. The van der Waals surface area contributed by atoms with Gasteiger partial charge < -0.3 is 16.0 Å². The Labute approximate surface area is 108 Å². The summed E-state index contributed by atoms with van der Waals surface area (Å²) >= 11 is 0. The van der Waals surface area contributed by atoms with Crippen molar-refractivity contribution in [1.82, 2.24) is 14.9 Å². The number of rotatable bonds is 5. The van der Waals surface area contributed by atoms with Gasteiger partial charge in [0.1, 0.15) is 17.5 Å². The van der Waals surface area contributed by atoms with Crippen LogP contribution in [-0.2, 0) is 11.2 Å². The van der Waals surface area contributed by atoms with Crippen molar-refractivity contribution in [3.05, 3.63) is 11.4 Å². The van der Waals surface area contributed by atoms with Crippen LogP contribution in [0.15, 0.2) is 0 Å². The molecule has 1 rings (SSSR count). The number of nitrogens with zero attached hydrogens (tertiary/aromatic N) is 3. The lowest BCUT2D eigenvalue weighted by Crippen LogP contribution is -2.24. The highest BCUT2D eigenvalue weighted by molar-refractivity contribution is 5.76. The third-order valence-corrected chi connectivity index (χ3v) is 2.68. The zero-order chi connectivity index (χ0) is 13.7. The van der Waals surface area contributed by atoms with Gasteiger partial charge >= 0.3 is 0 Å². The van der Waals surface area contributed by atoms with Gasteiger partial charge in [0, 0.05) is 39.0 Å². The van der Waals surface area contributed by atoms with E-state index in [0.29, 0.717) is 30.4 Å². The van der Waals surface area contributed by atoms with E-state index in [1.54, 1.807) is 19.0 Å². The molecule has 0 aromatic carbocycles. The molecule has 0 fully saturated rings. The van der Waals surface area contributed by atoms with Crippen LogP contribution in [0.5, 0.6) is 0 Å². The summed E-state index contributed by atoms with van der Waals surface area (Å²) in [6.07, 6.45) is 1.16. The van der Waals surface area contributed by atoms with Crippen LogP contribution >= 0.6 is 0 Å². The van der Waals surface area contributed by atoms with Crippen LogP contribution < -0.4 is 11.1 Å². The Balaban J connectivity index is 2.67. The van der Waals surface area contributed by atoms with Crippen LogP contribution in [0.25, 0.3) is 0 Å². The first kappa shape index (κ1) is 14.2. The Morgan fingerprint density at radius 1 is 1.39 bits per heavy atom. The van der Waals surface area contributed by atoms with Gasteiger partial charge in [0.25, 0.3) is 0 Å². The Morgan fingerprint density at radius 2 is 2.06 bits per heavy atom. The van der Waals surface area contributed by atoms with Crippen LogP contribution in [0.2, 0.25) is 0 Å². The molecular weight excluding hydrogens is 230 g/mol. The molecule has 0 aliphatic heterocycles. The number of nitrogens with one attached hydrogen (secondary N) is 1. The first-order valence-corrected chi connectivity index (χ1v) is 6.02. The smallest absolute Gasteiger partial charge is 0.223 e. The molecule has 1 aromatic rings. The molecule has 6 nitrogen and oxygen atoms in total. The van der Waals surface area contributed by atoms with Crippen molar-refractivity contribution in [3.8, 4) is 0 Å². The van der Waals surface area contributed by atoms with E-state index in [-0.39, 0.29) is 5.91 Å². The van der Waals surface area contributed by atoms with E-state index in [4.69, 9.17) is 5.73 Å². The number of hydrogen-bond acceptors (Lipinski definition) is 5. The average molecular weight is 251 g/mol. The normalized spacial score (nSPS) is 10.2. The number of aryl methyl sites for hydroxylation is 1. The predicted molar refractivity (Wildman–Crippen MR) is 72.4 cm³/mol. The molecule has 18 heavy (non-hydrogen) atoms. The van der Waals surface area contributed by atoms with Crippen LogP contribution in [0.1, 0.15) is 24.7 Å². The minimum absolute atomic E-state index is 0.0814. The van der Waals surface area contributed by atoms with Crippen LogP contribution in [0.4, 0.5) is 11.6 Å². The summed E-state index contributed by atoms with van der Waals surface area (Å²) in [6, 6.07) is 0. The summed E-state index contributed by atoms with van der Waals surface area (Å²) in [5.74, 6) is 1.99. The Morgan fingerprint density at radius 3 is 2.61 bits per heavy atom. The monoisotopic (exact) mass is 251 g/mol. The Bertz CT molecular complexity index is 431. The Kier molecular flexibility index (Phi) is 4.88. The lowest BCUT2D eigenvalue weighted by Gasteiger charge is -2.13. The second-order valence-corrected chi connectivity index (χ2v) is 4.32. The highest BCUT2D eigenvalue weighted by atomic mass is 16.2. The molecule has 0 spiro atoms. The number of amides is 1. The molecule has 1 heterocycles. The lowest BCUT2D eigenvalue weighted by molar-refractivity contribution is -0.128. The maximum Gasteiger partial charge on any atom is 0.223 e. The number of hydrogen-bond donors (Lipinski definition) is 2. The topological polar surface area (TPSA) is 84.1 Å². The largest absolute Gasteiger partial charge is 0.383 e. The molecule has 6 heteroatoms. The lowest BCUT2D eigenvalue weighted by atomic mass is 10.3. The second-order valence-electron chi connectivity index (χ2n) is 4.32. The predicted octanol–water partition coefficient (Wildman–Crippen LogP) is 0.820. The highest BCUT2D eigenvalue weighted by Gasteiger charge is 2.08. The third-order valence-electron chi connectivity index (χ3n) is 2.68. The van der Waals surface area contributed by atoms with Crippen LogP contribution in [0, 0.1) is 6.92 Å². The molecule has 3 N–H and O–H groups in total. The number of anilines is 2. The summed E-state index contributed by atoms with van der Waals surface area (Å²) in [5, 5.41) is 3.14. The maximum absolute atomic E-state index is 11.4. The third kappa shape index (κ3) is 3.58. The quantitative estimate of drug-likeness (QED) is 0.809. The van der Waals surface area contributed by atoms with Crippen molar-refractivity contribution in [2.24, 2.45) is 0 Å². The van der Waals surface area contributed by atoms with Crippen LogP contribution in [-0.4, -0.2) is 41.4 Å². The molecule has 100 valence electrons. The molecule has 0 atom stereocenters. The second kappa shape index (κ2) is 6.18. The number of aromatic nitrogens is 2. The van der Waals surface area contributed by atoms with Gasteiger partial charge in [0.05, 0.1) is 0 Å². The van der Waals surface area contributed by atoms with E-state index >= 15 is 0 Å². The SMILES string of the molecule is CCc1nc(N)c(C)c(NCCC(=O)N(C)C)n1. The first-order valence-electron chi connectivity index (χ1n) is 6.02. The van der Waals surface area contributed by atoms with Gasteiger partial charge in [-0.3, -0.25) is 4.79 Å². The first-order chi connectivity index (χ1) is 8.45. The van der Waals surface area contributed by atoms with Gasteiger partial charge in [-0.2, -0.15) is 0 Å². The highest BCUT2D eigenvalue weighted by Crippen LogP contribution is 2.17. The number of nitrogen functional groups attached to an aromatic ring is 1. The van der Waals surface area contributed by atoms with Gasteiger partial charge in [-0.1, -0.05) is 6.92 Å². The molecule has 0 bridgehead atoms. The molecule has 0 aliphatic carbocycles. The molecule has 0 saturated carbocycles. The van der Waals surface area contributed by atoms with Crippen molar-refractivity contribution in [2.45, 2.75) is 26.7 Å². The number of nitrogens with two attached hydrogens (primary N) is 1. The minimum Gasteiger partial charge on any atom is -0.383 e. The fourth-order valence-corrected chi connectivity index (χ4v) is 1.42.